The Balaban J connectivity index is 1.35. The van der Waals surface area contributed by atoms with E-state index in [1.165, 1.54) is 27.6 Å². The fourth-order valence-corrected chi connectivity index (χ4v) is 7.13. The van der Waals surface area contributed by atoms with Crippen molar-refractivity contribution >= 4 is 60.8 Å². The van der Waals surface area contributed by atoms with E-state index < -0.39 is 0 Å². The Kier molecular flexibility index (Phi) is 4.95. The minimum Gasteiger partial charge on any atom is -0.456 e. The van der Waals surface area contributed by atoms with Gasteiger partial charge < -0.3 is 4.42 Å². The second-order valence-electron chi connectivity index (χ2n) is 12.0. The van der Waals surface area contributed by atoms with Gasteiger partial charge in [-0.1, -0.05) is 105 Å². The van der Waals surface area contributed by atoms with Crippen molar-refractivity contribution in [1.29, 1.82) is 0 Å². The third-order valence-electron chi connectivity index (χ3n) is 9.24. The van der Waals surface area contributed by atoms with Gasteiger partial charge in [0.15, 0.2) is 0 Å². The van der Waals surface area contributed by atoms with Crippen LogP contribution in [0, 0.1) is 0 Å². The summed E-state index contributed by atoms with van der Waals surface area (Å²) in [7, 11) is 0. The van der Waals surface area contributed by atoms with E-state index in [0.29, 0.717) is 0 Å². The monoisotopic (exact) mass is 552 g/mol. The molecule has 9 rings (SSSR count). The summed E-state index contributed by atoms with van der Waals surface area (Å²) < 4.78 is 6.22. The zero-order chi connectivity index (χ0) is 28.7. The Morgan fingerprint density at radius 1 is 0.512 bits per heavy atom. The molecule has 0 amide bonds. The average molecular weight is 553 g/mol. The second-order valence-corrected chi connectivity index (χ2v) is 12.0. The Morgan fingerprint density at radius 3 is 2.02 bits per heavy atom. The van der Waals surface area contributed by atoms with Crippen molar-refractivity contribution in [3.05, 3.63) is 145 Å². The molecule has 0 saturated heterocycles. The lowest BCUT2D eigenvalue weighted by Crippen LogP contribution is -2.17. The molecule has 3 heteroatoms. The van der Waals surface area contributed by atoms with Gasteiger partial charge in [-0.2, -0.15) is 0 Å². The Morgan fingerprint density at radius 2 is 1.14 bits per heavy atom. The van der Waals surface area contributed by atoms with Gasteiger partial charge in [0.25, 0.3) is 0 Å². The average Bonchev–Trinajstić information content (AvgIpc) is 3.53. The number of hydrogen-bond donors (Lipinski definition) is 0. The van der Waals surface area contributed by atoms with Crippen LogP contribution in [0.1, 0.15) is 25.0 Å². The topological polar surface area (TPSA) is 29.3 Å². The molecule has 8 aromatic rings. The molecule has 43 heavy (non-hydrogen) atoms. The van der Waals surface area contributed by atoms with Gasteiger partial charge >= 0.3 is 0 Å². The first-order chi connectivity index (χ1) is 21.1. The number of nitrogens with zero attached hydrogens (tertiary/aromatic N) is 2. The molecule has 0 unspecified atom stereocenters. The lowest BCUT2D eigenvalue weighted by Gasteiger charge is -2.28. The smallest absolute Gasteiger partial charge is 0.146 e. The van der Waals surface area contributed by atoms with Crippen molar-refractivity contribution in [1.82, 2.24) is 4.98 Å². The van der Waals surface area contributed by atoms with Crippen LogP contribution in [0.15, 0.2) is 138 Å². The summed E-state index contributed by atoms with van der Waals surface area (Å²) in [6, 6.07) is 47.5. The third-order valence-corrected chi connectivity index (χ3v) is 9.24. The van der Waals surface area contributed by atoms with Crippen molar-refractivity contribution in [3.8, 4) is 11.1 Å². The highest BCUT2D eigenvalue weighted by atomic mass is 16.3. The number of pyridine rings is 1. The molecule has 0 spiro atoms. The van der Waals surface area contributed by atoms with Gasteiger partial charge in [0.2, 0.25) is 0 Å². The molecule has 1 aliphatic carbocycles. The maximum atomic E-state index is 6.22. The maximum absolute atomic E-state index is 6.22. The number of anilines is 3. The SMILES string of the molecule is CC1(C)c2ccccc2-c2ccc(N(c3ccc4oc5ccccc5c4c3)c3nc4ccccc4c4ccccc34)cc21. The van der Waals surface area contributed by atoms with E-state index in [4.69, 9.17) is 9.40 Å². The standard InChI is InChI=1S/C40H28N2O/c1-40(2)34-16-8-5-12-28(34)29-21-19-26(24-35(29)40)42(25-20-22-38-33(23-25)31-14-7-10-18-37(31)43-38)39-32-15-4-3-11-27(32)30-13-6-9-17-36(30)41-39/h3-24H,1-2H3. The van der Waals surface area contributed by atoms with Gasteiger partial charge in [-0.25, -0.2) is 4.98 Å². The summed E-state index contributed by atoms with van der Waals surface area (Å²) in [6.45, 7) is 4.66. The molecular formula is C40H28N2O. The first-order valence-electron chi connectivity index (χ1n) is 14.8. The molecule has 0 N–H and O–H groups in total. The fraction of sp³-hybridized carbons (Fsp3) is 0.0750. The number of aromatic nitrogens is 1. The molecule has 0 saturated carbocycles. The van der Waals surface area contributed by atoms with Gasteiger partial charge in [-0.3, -0.25) is 4.90 Å². The minimum atomic E-state index is -0.114. The van der Waals surface area contributed by atoms with Crippen LogP contribution in [0.4, 0.5) is 17.2 Å². The Bertz CT molecular complexity index is 2400. The van der Waals surface area contributed by atoms with E-state index in [0.717, 1.165) is 55.4 Å². The highest BCUT2D eigenvalue weighted by Crippen LogP contribution is 2.51. The summed E-state index contributed by atoms with van der Waals surface area (Å²) in [5.41, 5.74) is 10.1. The highest BCUT2D eigenvalue weighted by molar-refractivity contribution is 6.12. The van der Waals surface area contributed by atoms with Crippen LogP contribution >= 0.6 is 0 Å². The molecule has 0 atom stereocenters. The largest absolute Gasteiger partial charge is 0.456 e. The number of rotatable bonds is 3. The minimum absolute atomic E-state index is 0.114. The van der Waals surface area contributed by atoms with Crippen LogP contribution < -0.4 is 4.90 Å². The molecule has 204 valence electrons. The van der Waals surface area contributed by atoms with Crippen LogP contribution in [0.25, 0.3) is 54.7 Å². The molecule has 0 fully saturated rings. The van der Waals surface area contributed by atoms with Gasteiger partial charge in [-0.15, -0.1) is 0 Å². The molecule has 1 aliphatic rings. The van der Waals surface area contributed by atoms with Crippen LogP contribution in [0.3, 0.4) is 0 Å². The molecule has 0 bridgehead atoms. The first-order valence-corrected chi connectivity index (χ1v) is 14.8. The number of hydrogen-bond acceptors (Lipinski definition) is 3. The number of furan rings is 1. The third kappa shape index (κ3) is 3.45. The van der Waals surface area contributed by atoms with Gasteiger partial charge in [-0.05, 0) is 70.1 Å². The lowest BCUT2D eigenvalue weighted by molar-refractivity contribution is 0.660. The van der Waals surface area contributed by atoms with E-state index in [1.54, 1.807) is 0 Å². The van der Waals surface area contributed by atoms with Crippen molar-refractivity contribution < 1.29 is 4.42 Å². The normalized spacial score (nSPS) is 13.5. The molecule has 2 heterocycles. The van der Waals surface area contributed by atoms with Crippen molar-refractivity contribution in [2.45, 2.75) is 19.3 Å². The van der Waals surface area contributed by atoms with E-state index in [9.17, 15) is 0 Å². The predicted octanol–water partition coefficient (Wildman–Crippen LogP) is 11.1. The van der Waals surface area contributed by atoms with Crippen LogP contribution in [-0.4, -0.2) is 4.98 Å². The van der Waals surface area contributed by atoms with Crippen molar-refractivity contribution in [3.63, 3.8) is 0 Å². The van der Waals surface area contributed by atoms with Crippen molar-refractivity contribution in [2.75, 3.05) is 4.90 Å². The van der Waals surface area contributed by atoms with E-state index in [-0.39, 0.29) is 5.41 Å². The summed E-state index contributed by atoms with van der Waals surface area (Å²) in [4.78, 5) is 7.69. The number of benzene rings is 6. The number of para-hydroxylation sites is 2. The van der Waals surface area contributed by atoms with Crippen molar-refractivity contribution in [2.24, 2.45) is 0 Å². The summed E-state index contributed by atoms with van der Waals surface area (Å²) in [6.07, 6.45) is 0. The Labute approximate surface area is 249 Å². The summed E-state index contributed by atoms with van der Waals surface area (Å²) in [5.74, 6) is 0.912. The van der Waals surface area contributed by atoms with Gasteiger partial charge in [0.05, 0.1) is 5.52 Å². The zero-order valence-electron chi connectivity index (χ0n) is 24.0. The maximum Gasteiger partial charge on any atom is 0.146 e. The Hall–Kier alpha value is -5.41. The van der Waals surface area contributed by atoms with E-state index in [2.05, 4.69) is 140 Å². The molecule has 2 aromatic heterocycles. The summed E-state index contributed by atoms with van der Waals surface area (Å²) in [5, 5.41) is 5.67. The zero-order valence-corrected chi connectivity index (χ0v) is 24.0. The van der Waals surface area contributed by atoms with Crippen LogP contribution in [0.2, 0.25) is 0 Å². The quantitative estimate of drug-likeness (QED) is 0.204. The van der Waals surface area contributed by atoms with Crippen LogP contribution in [0.5, 0.6) is 0 Å². The van der Waals surface area contributed by atoms with Gasteiger partial charge in [0, 0.05) is 38.3 Å². The number of fused-ring (bicyclic) bond motifs is 9. The molecular weight excluding hydrogens is 524 g/mol. The van der Waals surface area contributed by atoms with E-state index in [1.807, 2.05) is 12.1 Å². The molecule has 0 aliphatic heterocycles. The first kappa shape index (κ1) is 24.2. The van der Waals surface area contributed by atoms with E-state index >= 15 is 0 Å². The molecule has 3 nitrogen and oxygen atoms in total. The predicted molar refractivity (Wildman–Crippen MR) is 179 cm³/mol. The molecule has 0 radical (unpaired) electrons. The summed E-state index contributed by atoms with van der Waals surface area (Å²) >= 11 is 0. The van der Waals surface area contributed by atoms with Crippen LogP contribution in [-0.2, 0) is 5.41 Å². The second kappa shape index (κ2) is 8.80. The lowest BCUT2D eigenvalue weighted by atomic mass is 9.82. The van der Waals surface area contributed by atoms with Gasteiger partial charge in [0.1, 0.15) is 17.0 Å². The highest BCUT2D eigenvalue weighted by Gasteiger charge is 2.36. The molecule has 6 aromatic carbocycles. The fourth-order valence-electron chi connectivity index (χ4n) is 7.13.